The Morgan fingerprint density at radius 1 is 1.41 bits per heavy atom. The number of nitrogens with zero attached hydrogens (tertiary/aromatic N) is 1. The maximum atomic E-state index is 13.3. The Bertz CT molecular complexity index is 455. The highest BCUT2D eigenvalue weighted by atomic mass is 19.1. The van der Waals surface area contributed by atoms with Crippen LogP contribution in [0.15, 0.2) is 29.3 Å². The predicted octanol–water partition coefficient (Wildman–Crippen LogP) is 2.91. The van der Waals surface area contributed by atoms with Crippen molar-refractivity contribution < 1.29 is 9.18 Å². The van der Waals surface area contributed by atoms with Crippen molar-refractivity contribution in [3.63, 3.8) is 0 Å². The van der Waals surface area contributed by atoms with Crippen LogP contribution in [0.3, 0.4) is 0 Å². The lowest BCUT2D eigenvalue weighted by atomic mass is 9.69. The van der Waals surface area contributed by atoms with Gasteiger partial charge in [0.2, 0.25) is 0 Å². The molecule has 1 saturated carbocycles. The summed E-state index contributed by atoms with van der Waals surface area (Å²) in [6.45, 7) is 0. The van der Waals surface area contributed by atoms with Crippen molar-refractivity contribution in [2.75, 3.05) is 7.05 Å². The standard InChI is InChI=1S/C14H16FNO/c1-16-10-14(8-3-2-7-13(14)17)11-5-4-6-12(15)9-11/h4-6,9-10H,2-3,7-8H2,1H3/b16-10-/t14-/m0/s1. The van der Waals surface area contributed by atoms with Gasteiger partial charge < -0.3 is 0 Å². The molecule has 1 aliphatic rings. The molecule has 0 spiro atoms. The summed E-state index contributed by atoms with van der Waals surface area (Å²) in [5, 5.41) is 0. The van der Waals surface area contributed by atoms with Gasteiger partial charge in [-0.15, -0.1) is 0 Å². The number of hydrogen-bond donors (Lipinski definition) is 0. The third kappa shape index (κ3) is 2.14. The molecule has 1 aromatic carbocycles. The number of halogens is 1. The van der Waals surface area contributed by atoms with Crippen molar-refractivity contribution in [1.82, 2.24) is 0 Å². The zero-order valence-electron chi connectivity index (χ0n) is 9.95. The number of aliphatic imine (C=N–C) groups is 1. The molecular formula is C14H16FNO. The van der Waals surface area contributed by atoms with Gasteiger partial charge in [0.05, 0.1) is 5.41 Å². The second-order valence-electron chi connectivity index (χ2n) is 4.50. The van der Waals surface area contributed by atoms with Crippen molar-refractivity contribution in [3.05, 3.63) is 35.6 Å². The molecule has 0 radical (unpaired) electrons. The summed E-state index contributed by atoms with van der Waals surface area (Å²) in [6.07, 6.45) is 4.88. The summed E-state index contributed by atoms with van der Waals surface area (Å²) in [5.41, 5.74) is 0.0301. The monoisotopic (exact) mass is 233 g/mol. The Kier molecular flexibility index (Phi) is 3.36. The number of rotatable bonds is 2. The zero-order chi connectivity index (χ0) is 12.3. The molecule has 0 heterocycles. The zero-order valence-corrected chi connectivity index (χ0v) is 9.95. The Labute approximate surface area is 101 Å². The fraction of sp³-hybridized carbons (Fsp3) is 0.429. The highest BCUT2D eigenvalue weighted by Gasteiger charge is 2.39. The third-order valence-corrected chi connectivity index (χ3v) is 3.41. The van der Waals surface area contributed by atoms with E-state index in [0.29, 0.717) is 6.42 Å². The van der Waals surface area contributed by atoms with Crippen LogP contribution in [0.5, 0.6) is 0 Å². The quantitative estimate of drug-likeness (QED) is 0.722. The van der Waals surface area contributed by atoms with Gasteiger partial charge in [0.15, 0.2) is 0 Å². The molecule has 1 aromatic rings. The smallest absolute Gasteiger partial charge is 0.148 e. The van der Waals surface area contributed by atoms with Gasteiger partial charge in [-0.2, -0.15) is 0 Å². The molecule has 2 nitrogen and oxygen atoms in total. The largest absolute Gasteiger partial charge is 0.299 e. The van der Waals surface area contributed by atoms with E-state index in [1.165, 1.54) is 12.1 Å². The van der Waals surface area contributed by atoms with Crippen molar-refractivity contribution >= 4 is 12.0 Å². The van der Waals surface area contributed by atoms with Crippen molar-refractivity contribution in [2.24, 2.45) is 4.99 Å². The van der Waals surface area contributed by atoms with Gasteiger partial charge in [-0.3, -0.25) is 9.79 Å². The van der Waals surface area contributed by atoms with Gasteiger partial charge >= 0.3 is 0 Å². The molecular weight excluding hydrogens is 217 g/mol. The molecule has 0 bridgehead atoms. The first-order valence-corrected chi connectivity index (χ1v) is 5.92. The minimum Gasteiger partial charge on any atom is -0.299 e. The Morgan fingerprint density at radius 2 is 2.24 bits per heavy atom. The van der Waals surface area contributed by atoms with Crippen molar-refractivity contribution in [3.8, 4) is 0 Å². The van der Waals surface area contributed by atoms with Crippen LogP contribution in [0.25, 0.3) is 0 Å². The second-order valence-corrected chi connectivity index (χ2v) is 4.50. The van der Waals surface area contributed by atoms with Crippen LogP contribution in [0.1, 0.15) is 31.2 Å². The maximum Gasteiger partial charge on any atom is 0.148 e. The van der Waals surface area contributed by atoms with E-state index in [1.54, 1.807) is 19.3 Å². The van der Waals surface area contributed by atoms with Crippen molar-refractivity contribution in [2.45, 2.75) is 31.1 Å². The molecule has 90 valence electrons. The molecule has 0 amide bonds. The highest BCUT2D eigenvalue weighted by Crippen LogP contribution is 2.35. The molecule has 1 aliphatic carbocycles. The lowest BCUT2D eigenvalue weighted by molar-refractivity contribution is -0.123. The second kappa shape index (κ2) is 4.78. The van der Waals surface area contributed by atoms with Crippen LogP contribution < -0.4 is 0 Å². The number of benzene rings is 1. The van der Waals surface area contributed by atoms with Gasteiger partial charge in [-0.1, -0.05) is 18.6 Å². The molecule has 0 saturated heterocycles. The molecule has 0 aliphatic heterocycles. The van der Waals surface area contributed by atoms with Gasteiger partial charge in [0.1, 0.15) is 11.6 Å². The number of ketones is 1. The minimum absolute atomic E-state index is 0.153. The average Bonchev–Trinajstić information content (AvgIpc) is 2.32. The fourth-order valence-electron chi connectivity index (χ4n) is 2.55. The number of carbonyl (C=O) groups is 1. The molecule has 2 rings (SSSR count). The van der Waals surface area contributed by atoms with E-state index >= 15 is 0 Å². The summed E-state index contributed by atoms with van der Waals surface area (Å²) in [6, 6.07) is 6.31. The normalized spacial score (nSPS) is 25.4. The van der Waals surface area contributed by atoms with Crippen molar-refractivity contribution in [1.29, 1.82) is 0 Å². The summed E-state index contributed by atoms with van der Waals surface area (Å²) in [7, 11) is 1.66. The molecule has 1 atom stereocenters. The third-order valence-electron chi connectivity index (χ3n) is 3.41. The van der Waals surface area contributed by atoms with Crippen LogP contribution in [0.4, 0.5) is 4.39 Å². The van der Waals surface area contributed by atoms with Crippen LogP contribution in [0.2, 0.25) is 0 Å². The van der Waals surface area contributed by atoms with E-state index in [4.69, 9.17) is 0 Å². The maximum absolute atomic E-state index is 13.3. The predicted molar refractivity (Wildman–Crippen MR) is 66.0 cm³/mol. The van der Waals surface area contributed by atoms with Crippen LogP contribution in [-0.2, 0) is 10.2 Å². The topological polar surface area (TPSA) is 29.4 Å². The van der Waals surface area contributed by atoms with E-state index < -0.39 is 5.41 Å². The van der Waals surface area contributed by atoms with Gasteiger partial charge in [0.25, 0.3) is 0 Å². The first kappa shape index (κ1) is 12.0. The SMILES string of the molecule is C/N=C\[C@]1(c2cccc(F)c2)CCCCC1=O. The van der Waals surface area contributed by atoms with Crippen LogP contribution in [0, 0.1) is 5.82 Å². The molecule has 17 heavy (non-hydrogen) atoms. The van der Waals surface area contributed by atoms with E-state index in [2.05, 4.69) is 4.99 Å². The summed E-state index contributed by atoms with van der Waals surface area (Å²) < 4.78 is 13.3. The lowest BCUT2D eigenvalue weighted by Crippen LogP contribution is -2.40. The Hall–Kier alpha value is -1.51. The van der Waals surface area contributed by atoms with E-state index in [0.717, 1.165) is 24.8 Å². The average molecular weight is 233 g/mol. The highest BCUT2D eigenvalue weighted by molar-refractivity contribution is 6.06. The van der Waals surface area contributed by atoms with E-state index in [9.17, 15) is 9.18 Å². The first-order chi connectivity index (χ1) is 8.19. The van der Waals surface area contributed by atoms with Gasteiger partial charge in [-0.05, 0) is 30.5 Å². The van der Waals surface area contributed by atoms with Gasteiger partial charge in [-0.25, -0.2) is 4.39 Å². The summed E-state index contributed by atoms with van der Waals surface area (Å²) in [5.74, 6) is -0.148. The molecule has 3 heteroatoms. The van der Waals surface area contributed by atoms with E-state index in [1.807, 2.05) is 6.07 Å². The van der Waals surface area contributed by atoms with E-state index in [-0.39, 0.29) is 11.6 Å². The molecule has 1 fully saturated rings. The number of carbonyl (C=O) groups excluding carboxylic acids is 1. The lowest BCUT2D eigenvalue weighted by Gasteiger charge is -2.32. The number of hydrogen-bond acceptors (Lipinski definition) is 2. The number of Topliss-reactive ketones (excluding diaryl/α,β-unsaturated/α-hetero) is 1. The summed E-state index contributed by atoms with van der Waals surface area (Å²) >= 11 is 0. The summed E-state index contributed by atoms with van der Waals surface area (Å²) in [4.78, 5) is 16.2. The first-order valence-electron chi connectivity index (χ1n) is 5.92. The molecule has 0 aromatic heterocycles. The molecule has 0 N–H and O–H groups in total. The minimum atomic E-state index is -0.699. The Morgan fingerprint density at radius 3 is 2.88 bits per heavy atom. The van der Waals surface area contributed by atoms with Crippen LogP contribution in [-0.4, -0.2) is 19.0 Å². The Balaban J connectivity index is 2.50. The molecule has 0 unspecified atom stereocenters. The van der Waals surface area contributed by atoms with Crippen LogP contribution >= 0.6 is 0 Å². The van der Waals surface area contributed by atoms with Gasteiger partial charge in [0, 0.05) is 19.7 Å². The fourth-order valence-corrected chi connectivity index (χ4v) is 2.55.